The van der Waals surface area contributed by atoms with E-state index in [0.717, 1.165) is 16.2 Å². The summed E-state index contributed by atoms with van der Waals surface area (Å²) in [7, 11) is 5.61. The van der Waals surface area contributed by atoms with Crippen LogP contribution in [0.5, 0.6) is 5.75 Å². The number of benzene rings is 2. The predicted octanol–water partition coefficient (Wildman–Crippen LogP) is 3.74. The molecule has 0 aliphatic carbocycles. The second-order valence-corrected chi connectivity index (χ2v) is 7.25. The highest BCUT2D eigenvalue weighted by Gasteiger charge is 2.18. The Morgan fingerprint density at radius 3 is 2.54 bits per heavy atom. The number of methoxy groups -OCH3 is 1. The molecule has 0 fully saturated rings. The van der Waals surface area contributed by atoms with Gasteiger partial charge in [-0.1, -0.05) is 18.2 Å². The number of carbonyl (C=O) groups is 1. The molecular weight excluding hydrogens is 351 g/mol. The van der Waals surface area contributed by atoms with Gasteiger partial charge in [0.15, 0.2) is 0 Å². The van der Waals surface area contributed by atoms with Gasteiger partial charge < -0.3 is 15.0 Å². The number of hydrogen-bond acceptors (Lipinski definition) is 4. The van der Waals surface area contributed by atoms with Gasteiger partial charge in [-0.05, 0) is 44.4 Å². The van der Waals surface area contributed by atoms with E-state index in [0.29, 0.717) is 18.7 Å². The minimum absolute atomic E-state index is 0.00126. The van der Waals surface area contributed by atoms with Gasteiger partial charge in [0.25, 0.3) is 0 Å². The summed E-state index contributed by atoms with van der Waals surface area (Å²) < 4.78 is 18.3. The molecule has 4 nitrogen and oxygen atoms in total. The average molecular weight is 376 g/mol. The molecule has 0 spiro atoms. The van der Waals surface area contributed by atoms with Gasteiger partial charge >= 0.3 is 0 Å². The molecule has 1 amide bonds. The third kappa shape index (κ3) is 6.04. The zero-order valence-corrected chi connectivity index (χ0v) is 16.2. The van der Waals surface area contributed by atoms with Crippen LogP contribution in [-0.4, -0.2) is 44.3 Å². The van der Waals surface area contributed by atoms with Crippen LogP contribution in [0.15, 0.2) is 53.4 Å². The summed E-state index contributed by atoms with van der Waals surface area (Å²) in [4.78, 5) is 15.2. The number of nitrogens with one attached hydrogen (secondary N) is 1. The average Bonchev–Trinajstić information content (AvgIpc) is 2.63. The maximum Gasteiger partial charge on any atom is 0.220 e. The first-order chi connectivity index (χ1) is 12.5. The number of likely N-dealkylation sites (N-methyl/N-ethyl adjacent to an activating group) is 1. The molecule has 0 saturated carbocycles. The largest absolute Gasteiger partial charge is 0.496 e. The first-order valence-electron chi connectivity index (χ1n) is 8.45. The van der Waals surface area contributed by atoms with Crippen molar-refractivity contribution < 1.29 is 13.9 Å². The molecule has 1 N–H and O–H groups in total. The monoisotopic (exact) mass is 376 g/mol. The summed E-state index contributed by atoms with van der Waals surface area (Å²) in [5.74, 6) is 1.21. The number of rotatable bonds is 9. The lowest BCUT2D eigenvalue weighted by Crippen LogP contribution is -2.34. The number of para-hydroxylation sites is 1. The Morgan fingerprint density at radius 1 is 1.19 bits per heavy atom. The Balaban J connectivity index is 1.84. The summed E-state index contributed by atoms with van der Waals surface area (Å²) in [6.45, 7) is 0.507. The van der Waals surface area contributed by atoms with Crippen molar-refractivity contribution >= 4 is 17.7 Å². The highest BCUT2D eigenvalue weighted by molar-refractivity contribution is 7.99. The topological polar surface area (TPSA) is 41.6 Å². The molecule has 0 aliphatic rings. The summed E-state index contributed by atoms with van der Waals surface area (Å²) in [5, 5.41) is 3.00. The lowest BCUT2D eigenvalue weighted by Gasteiger charge is -2.26. The van der Waals surface area contributed by atoms with E-state index in [1.807, 2.05) is 38.4 Å². The van der Waals surface area contributed by atoms with E-state index in [-0.39, 0.29) is 17.8 Å². The number of thioether (sulfide) groups is 1. The van der Waals surface area contributed by atoms with Gasteiger partial charge in [0.05, 0.1) is 13.2 Å². The zero-order chi connectivity index (χ0) is 18.9. The molecule has 1 unspecified atom stereocenters. The molecule has 0 aliphatic heterocycles. The van der Waals surface area contributed by atoms with Crippen LogP contribution in [0.1, 0.15) is 18.0 Å². The van der Waals surface area contributed by atoms with Crippen molar-refractivity contribution in [2.24, 2.45) is 0 Å². The van der Waals surface area contributed by atoms with Crippen molar-refractivity contribution in [1.29, 1.82) is 0 Å². The quantitative estimate of drug-likeness (QED) is 0.677. The van der Waals surface area contributed by atoms with Crippen molar-refractivity contribution in [3.8, 4) is 5.75 Å². The highest BCUT2D eigenvalue weighted by Crippen LogP contribution is 2.27. The van der Waals surface area contributed by atoms with Crippen molar-refractivity contribution in [2.45, 2.75) is 17.4 Å². The molecule has 1 atom stereocenters. The summed E-state index contributed by atoms with van der Waals surface area (Å²) >= 11 is 1.54. The minimum atomic E-state index is -0.252. The Labute approximate surface area is 158 Å². The van der Waals surface area contributed by atoms with Crippen molar-refractivity contribution in [2.75, 3.05) is 33.5 Å². The zero-order valence-electron chi connectivity index (χ0n) is 15.4. The summed E-state index contributed by atoms with van der Waals surface area (Å²) in [6, 6.07) is 14.2. The van der Waals surface area contributed by atoms with E-state index < -0.39 is 0 Å². The second kappa shape index (κ2) is 10.2. The highest BCUT2D eigenvalue weighted by atomic mass is 32.2. The molecule has 0 saturated heterocycles. The van der Waals surface area contributed by atoms with E-state index in [9.17, 15) is 9.18 Å². The fourth-order valence-electron chi connectivity index (χ4n) is 2.60. The standard InChI is InChI=1S/C20H25FN2O2S/c1-23(2)18(17-6-4-5-7-19(17)25-3)14-22-20(24)12-13-26-16-10-8-15(21)9-11-16/h4-11,18H,12-14H2,1-3H3,(H,22,24). The molecule has 6 heteroatoms. The molecule has 140 valence electrons. The van der Waals surface area contributed by atoms with Crippen LogP contribution in [0.3, 0.4) is 0 Å². The van der Waals surface area contributed by atoms with Crippen molar-refractivity contribution in [1.82, 2.24) is 10.2 Å². The molecule has 0 bridgehead atoms. The van der Waals surface area contributed by atoms with Crippen LogP contribution < -0.4 is 10.1 Å². The lowest BCUT2D eigenvalue weighted by molar-refractivity contribution is -0.120. The fraction of sp³-hybridized carbons (Fsp3) is 0.350. The molecule has 2 rings (SSSR count). The van der Waals surface area contributed by atoms with Crippen LogP contribution in [-0.2, 0) is 4.79 Å². The van der Waals surface area contributed by atoms with Gasteiger partial charge in [-0.2, -0.15) is 0 Å². The van der Waals surface area contributed by atoms with Gasteiger partial charge in [0, 0.05) is 29.2 Å². The number of carbonyl (C=O) groups excluding carboxylic acids is 1. The van der Waals surface area contributed by atoms with E-state index in [1.54, 1.807) is 31.0 Å². The Kier molecular flexibility index (Phi) is 7.94. The molecule has 2 aromatic carbocycles. The second-order valence-electron chi connectivity index (χ2n) is 6.08. The number of nitrogens with zero attached hydrogens (tertiary/aromatic N) is 1. The Morgan fingerprint density at radius 2 is 1.88 bits per heavy atom. The third-order valence-electron chi connectivity index (χ3n) is 4.03. The SMILES string of the molecule is COc1ccccc1C(CNC(=O)CCSc1ccc(F)cc1)N(C)C. The van der Waals surface area contributed by atoms with Crippen LogP contribution in [0.2, 0.25) is 0 Å². The lowest BCUT2D eigenvalue weighted by atomic mass is 10.0. The molecule has 2 aromatic rings. The number of ether oxygens (including phenoxy) is 1. The molecule has 0 aromatic heterocycles. The Bertz CT molecular complexity index is 707. The first kappa shape index (κ1) is 20.3. The molecule has 26 heavy (non-hydrogen) atoms. The van der Waals surface area contributed by atoms with E-state index in [1.165, 1.54) is 12.1 Å². The number of halogens is 1. The van der Waals surface area contributed by atoms with Crippen LogP contribution in [0, 0.1) is 5.82 Å². The summed E-state index contributed by atoms with van der Waals surface area (Å²) in [5.41, 5.74) is 1.04. The van der Waals surface area contributed by atoms with Crippen molar-refractivity contribution in [3.63, 3.8) is 0 Å². The van der Waals surface area contributed by atoms with Gasteiger partial charge in [-0.25, -0.2) is 4.39 Å². The number of hydrogen-bond donors (Lipinski definition) is 1. The molecule has 0 heterocycles. The Hall–Kier alpha value is -2.05. The van der Waals surface area contributed by atoms with Gasteiger partial charge in [-0.15, -0.1) is 11.8 Å². The van der Waals surface area contributed by atoms with Gasteiger partial charge in [-0.3, -0.25) is 4.79 Å². The van der Waals surface area contributed by atoms with E-state index in [2.05, 4.69) is 10.2 Å². The maximum absolute atomic E-state index is 12.9. The van der Waals surface area contributed by atoms with Gasteiger partial charge in [0.1, 0.15) is 11.6 Å². The van der Waals surface area contributed by atoms with Gasteiger partial charge in [0.2, 0.25) is 5.91 Å². The maximum atomic E-state index is 12.9. The molecular formula is C20H25FN2O2S. The first-order valence-corrected chi connectivity index (χ1v) is 9.44. The number of amides is 1. The van der Waals surface area contributed by atoms with Crippen molar-refractivity contribution in [3.05, 3.63) is 59.9 Å². The van der Waals surface area contributed by atoms with Crippen LogP contribution in [0.4, 0.5) is 4.39 Å². The normalized spacial score (nSPS) is 12.0. The van der Waals surface area contributed by atoms with Crippen LogP contribution in [0.25, 0.3) is 0 Å². The fourth-order valence-corrected chi connectivity index (χ4v) is 3.46. The van der Waals surface area contributed by atoms with E-state index >= 15 is 0 Å². The minimum Gasteiger partial charge on any atom is -0.496 e. The smallest absolute Gasteiger partial charge is 0.220 e. The molecule has 0 radical (unpaired) electrons. The van der Waals surface area contributed by atoms with Crippen LogP contribution >= 0.6 is 11.8 Å². The third-order valence-corrected chi connectivity index (χ3v) is 5.04. The summed E-state index contributed by atoms with van der Waals surface area (Å²) in [6.07, 6.45) is 0.411. The predicted molar refractivity (Wildman–Crippen MR) is 104 cm³/mol. The van der Waals surface area contributed by atoms with E-state index in [4.69, 9.17) is 4.74 Å².